The van der Waals surface area contributed by atoms with E-state index in [1.165, 1.54) is 64.2 Å². The summed E-state index contributed by atoms with van der Waals surface area (Å²) in [5.74, 6) is 4.63. The van der Waals surface area contributed by atoms with Gasteiger partial charge in [0.2, 0.25) is 0 Å². The Hall–Kier alpha value is -0.330. The molecule has 3 unspecified atom stereocenters. The Morgan fingerprint density at radius 1 is 1.05 bits per heavy atom. The van der Waals surface area contributed by atoms with Crippen molar-refractivity contribution in [2.24, 2.45) is 29.6 Å². The zero-order valence-corrected chi connectivity index (χ0v) is 13.9. The lowest BCUT2D eigenvalue weighted by molar-refractivity contribution is -0.122. The van der Waals surface area contributed by atoms with Gasteiger partial charge < -0.3 is 0 Å². The van der Waals surface area contributed by atoms with Crippen molar-refractivity contribution in [1.82, 2.24) is 0 Å². The largest absolute Gasteiger partial charge is 0.300 e. The van der Waals surface area contributed by atoms with Crippen molar-refractivity contribution in [3.8, 4) is 0 Å². The molecule has 0 radical (unpaired) electrons. The van der Waals surface area contributed by atoms with Crippen LogP contribution in [0.2, 0.25) is 0 Å². The molecule has 3 atom stereocenters. The molecule has 2 aliphatic rings. The van der Waals surface area contributed by atoms with Gasteiger partial charge in [-0.2, -0.15) is 0 Å². The highest BCUT2D eigenvalue weighted by Gasteiger charge is 2.35. The van der Waals surface area contributed by atoms with Gasteiger partial charge in [-0.15, -0.1) is 0 Å². The second kappa shape index (κ2) is 7.61. The van der Waals surface area contributed by atoms with Gasteiger partial charge in [0.1, 0.15) is 5.78 Å². The maximum Gasteiger partial charge on any atom is 0.132 e. The molecule has 0 bridgehead atoms. The molecule has 2 aliphatic carbocycles. The van der Waals surface area contributed by atoms with E-state index in [2.05, 4.69) is 13.8 Å². The van der Waals surface area contributed by atoms with Crippen molar-refractivity contribution in [1.29, 1.82) is 0 Å². The molecule has 2 saturated carbocycles. The number of carbonyl (C=O) groups is 1. The predicted molar refractivity (Wildman–Crippen MR) is 85.6 cm³/mol. The Morgan fingerprint density at radius 3 is 2.30 bits per heavy atom. The molecule has 0 N–H and O–H groups in total. The molecule has 2 fully saturated rings. The van der Waals surface area contributed by atoms with E-state index in [0.717, 1.165) is 23.7 Å². The van der Waals surface area contributed by atoms with E-state index >= 15 is 0 Å². The number of unbranched alkanes of at least 4 members (excludes halogenated alkanes) is 1. The minimum Gasteiger partial charge on any atom is -0.300 e. The molecule has 0 heterocycles. The Labute approximate surface area is 125 Å². The molecule has 1 heteroatoms. The van der Waals surface area contributed by atoms with Crippen LogP contribution in [0.15, 0.2) is 0 Å². The fourth-order valence-electron chi connectivity index (χ4n) is 4.94. The molecule has 1 nitrogen and oxygen atoms in total. The standard InChI is InChI=1S/C19H34O/c1-4-5-6-16-7-12-19(14(2)13-16)18-10-8-17(9-11-18)15(3)20/h14,16-19H,4-13H2,1-3H3. The average molecular weight is 278 g/mol. The van der Waals surface area contributed by atoms with Gasteiger partial charge in [0.05, 0.1) is 0 Å². The van der Waals surface area contributed by atoms with Gasteiger partial charge in [-0.3, -0.25) is 4.79 Å². The number of rotatable bonds is 5. The van der Waals surface area contributed by atoms with E-state index < -0.39 is 0 Å². The average Bonchev–Trinajstić information content (AvgIpc) is 2.45. The van der Waals surface area contributed by atoms with Gasteiger partial charge in [-0.05, 0) is 69.1 Å². The minimum absolute atomic E-state index is 0.391. The number of carbonyl (C=O) groups excluding carboxylic acids is 1. The lowest BCUT2D eigenvalue weighted by Gasteiger charge is -2.41. The summed E-state index contributed by atoms with van der Waals surface area (Å²) in [6, 6.07) is 0. The Bertz CT molecular complexity index is 301. The van der Waals surface area contributed by atoms with E-state index in [4.69, 9.17) is 0 Å². The molecule has 116 valence electrons. The van der Waals surface area contributed by atoms with Crippen LogP contribution >= 0.6 is 0 Å². The van der Waals surface area contributed by atoms with E-state index in [0.29, 0.717) is 11.7 Å². The zero-order chi connectivity index (χ0) is 14.5. The molecule has 0 amide bonds. The van der Waals surface area contributed by atoms with Crippen LogP contribution in [0.4, 0.5) is 0 Å². The molecular weight excluding hydrogens is 244 g/mol. The first kappa shape index (κ1) is 16.0. The monoisotopic (exact) mass is 278 g/mol. The van der Waals surface area contributed by atoms with E-state index in [-0.39, 0.29) is 0 Å². The minimum atomic E-state index is 0.391. The van der Waals surface area contributed by atoms with Crippen LogP contribution in [0.25, 0.3) is 0 Å². The first-order valence-corrected chi connectivity index (χ1v) is 9.12. The van der Waals surface area contributed by atoms with Crippen LogP contribution in [-0.4, -0.2) is 5.78 Å². The summed E-state index contributed by atoms with van der Waals surface area (Å²) >= 11 is 0. The third-order valence-electron chi connectivity index (χ3n) is 6.26. The quantitative estimate of drug-likeness (QED) is 0.637. The van der Waals surface area contributed by atoms with Gasteiger partial charge in [0.25, 0.3) is 0 Å². The summed E-state index contributed by atoms with van der Waals surface area (Å²) in [6.45, 7) is 6.59. The van der Waals surface area contributed by atoms with Crippen molar-refractivity contribution in [3.63, 3.8) is 0 Å². The first-order valence-electron chi connectivity index (χ1n) is 9.12. The van der Waals surface area contributed by atoms with E-state index in [9.17, 15) is 4.79 Å². The van der Waals surface area contributed by atoms with Gasteiger partial charge in [0.15, 0.2) is 0 Å². The summed E-state index contributed by atoms with van der Waals surface area (Å²) in [4.78, 5) is 11.5. The molecule has 2 rings (SSSR count). The van der Waals surface area contributed by atoms with Crippen molar-refractivity contribution >= 4 is 5.78 Å². The second-order valence-electron chi connectivity index (χ2n) is 7.68. The molecule has 0 aromatic heterocycles. The SMILES string of the molecule is CCCCC1CCC(C2CCC(C(C)=O)CC2)C(C)C1. The van der Waals surface area contributed by atoms with Crippen LogP contribution in [0.3, 0.4) is 0 Å². The van der Waals surface area contributed by atoms with Crippen LogP contribution in [0, 0.1) is 29.6 Å². The Balaban J connectivity index is 1.78. The lowest BCUT2D eigenvalue weighted by atomic mass is 9.64. The smallest absolute Gasteiger partial charge is 0.132 e. The molecule has 0 spiro atoms. The van der Waals surface area contributed by atoms with Crippen molar-refractivity contribution in [3.05, 3.63) is 0 Å². The highest BCUT2D eigenvalue weighted by atomic mass is 16.1. The maximum absolute atomic E-state index is 11.5. The van der Waals surface area contributed by atoms with Gasteiger partial charge in [-0.1, -0.05) is 39.5 Å². The van der Waals surface area contributed by atoms with Crippen molar-refractivity contribution < 1.29 is 4.79 Å². The third-order valence-corrected chi connectivity index (χ3v) is 6.26. The number of hydrogen-bond donors (Lipinski definition) is 0. The van der Waals surface area contributed by atoms with E-state index in [1.54, 1.807) is 6.92 Å². The van der Waals surface area contributed by atoms with Crippen molar-refractivity contribution in [2.75, 3.05) is 0 Å². The highest BCUT2D eigenvalue weighted by Crippen LogP contribution is 2.45. The van der Waals surface area contributed by atoms with Crippen LogP contribution < -0.4 is 0 Å². The molecule has 0 aromatic rings. The number of hydrogen-bond acceptors (Lipinski definition) is 1. The fourth-order valence-corrected chi connectivity index (χ4v) is 4.94. The normalized spacial score (nSPS) is 38.6. The highest BCUT2D eigenvalue weighted by molar-refractivity contribution is 5.78. The summed E-state index contributed by atoms with van der Waals surface area (Å²) in [5, 5.41) is 0. The maximum atomic E-state index is 11.5. The molecular formula is C19H34O. The van der Waals surface area contributed by atoms with Crippen LogP contribution in [0.1, 0.15) is 85.0 Å². The van der Waals surface area contributed by atoms with E-state index in [1.807, 2.05) is 0 Å². The Morgan fingerprint density at radius 2 is 1.75 bits per heavy atom. The summed E-state index contributed by atoms with van der Waals surface area (Å²) < 4.78 is 0. The van der Waals surface area contributed by atoms with Crippen LogP contribution in [-0.2, 0) is 4.79 Å². The molecule has 0 aliphatic heterocycles. The molecule has 0 saturated heterocycles. The van der Waals surface area contributed by atoms with Gasteiger partial charge in [0, 0.05) is 5.92 Å². The van der Waals surface area contributed by atoms with Crippen molar-refractivity contribution in [2.45, 2.75) is 85.0 Å². The number of ketones is 1. The van der Waals surface area contributed by atoms with Gasteiger partial charge >= 0.3 is 0 Å². The lowest BCUT2D eigenvalue weighted by Crippen LogP contribution is -2.32. The fraction of sp³-hybridized carbons (Fsp3) is 0.947. The number of Topliss-reactive ketones (excluding diaryl/α,β-unsaturated/α-hetero) is 1. The second-order valence-corrected chi connectivity index (χ2v) is 7.68. The van der Waals surface area contributed by atoms with Crippen LogP contribution in [0.5, 0.6) is 0 Å². The zero-order valence-electron chi connectivity index (χ0n) is 13.9. The molecule has 0 aromatic carbocycles. The predicted octanol–water partition coefficient (Wildman–Crippen LogP) is 5.62. The summed E-state index contributed by atoms with van der Waals surface area (Å²) in [7, 11) is 0. The summed E-state index contributed by atoms with van der Waals surface area (Å²) in [5.41, 5.74) is 0. The topological polar surface area (TPSA) is 17.1 Å². The third kappa shape index (κ3) is 4.09. The molecule has 20 heavy (non-hydrogen) atoms. The van der Waals surface area contributed by atoms with Gasteiger partial charge in [-0.25, -0.2) is 0 Å². The summed E-state index contributed by atoms with van der Waals surface area (Å²) in [6.07, 6.45) is 13.6. The first-order chi connectivity index (χ1) is 9.61. The Kier molecular flexibility index (Phi) is 6.11.